The molecule has 4 rings (SSSR count). The van der Waals surface area contributed by atoms with Gasteiger partial charge in [0.25, 0.3) is 11.5 Å². The Morgan fingerprint density at radius 3 is 2.52 bits per heavy atom. The molecule has 0 spiro atoms. The number of imidazole rings is 1. The summed E-state index contributed by atoms with van der Waals surface area (Å²) in [6.07, 6.45) is 3.20. The topological polar surface area (TPSA) is 170 Å². The van der Waals surface area contributed by atoms with E-state index in [1.54, 1.807) is 20.8 Å². The second kappa shape index (κ2) is 12.1. The van der Waals surface area contributed by atoms with Crippen molar-refractivity contribution in [2.24, 2.45) is 0 Å². The van der Waals surface area contributed by atoms with Gasteiger partial charge < -0.3 is 23.7 Å². The number of nitrogens with one attached hydrogen (secondary N) is 1. The number of benzene rings is 1. The highest BCUT2D eigenvalue weighted by molar-refractivity contribution is 6.30. The summed E-state index contributed by atoms with van der Waals surface area (Å²) in [7, 11) is 0. The van der Waals surface area contributed by atoms with Crippen molar-refractivity contribution in [3.05, 3.63) is 47.5 Å². The molecular formula is C28H27ClFN5O9. The zero-order valence-electron chi connectivity index (χ0n) is 24.1. The van der Waals surface area contributed by atoms with Crippen molar-refractivity contribution >= 4 is 52.6 Å². The van der Waals surface area contributed by atoms with Gasteiger partial charge in [0.1, 0.15) is 11.9 Å². The Kier molecular flexibility index (Phi) is 8.80. The number of fused-ring (bicyclic) bond motifs is 1. The summed E-state index contributed by atoms with van der Waals surface area (Å²) in [4.78, 5) is 61.9. The van der Waals surface area contributed by atoms with Gasteiger partial charge in [0.05, 0.1) is 11.9 Å². The average Bonchev–Trinajstić information content (AvgIpc) is 3.44. The second-order valence-electron chi connectivity index (χ2n) is 10.5. The van der Waals surface area contributed by atoms with Crippen LogP contribution in [0.1, 0.15) is 51.2 Å². The van der Waals surface area contributed by atoms with E-state index in [9.17, 15) is 19.2 Å². The lowest BCUT2D eigenvalue weighted by Gasteiger charge is -2.33. The minimum Gasteiger partial charge on any atom is -0.456 e. The van der Waals surface area contributed by atoms with Gasteiger partial charge in [0.2, 0.25) is 6.10 Å². The van der Waals surface area contributed by atoms with Crippen LogP contribution in [-0.2, 0) is 33.3 Å². The third kappa shape index (κ3) is 6.56. The lowest BCUT2D eigenvalue weighted by Crippen LogP contribution is -2.54. The monoisotopic (exact) mass is 631 g/mol. The van der Waals surface area contributed by atoms with Crippen LogP contribution in [-0.4, -0.2) is 73.3 Å². The van der Waals surface area contributed by atoms with Crippen molar-refractivity contribution in [3.8, 4) is 12.3 Å². The molecule has 0 saturated carbocycles. The molecular weight excluding hydrogens is 605 g/mol. The number of esters is 3. The van der Waals surface area contributed by atoms with E-state index < -0.39 is 60.0 Å². The number of carbonyl (C=O) groups is 4. The van der Waals surface area contributed by atoms with Gasteiger partial charge in [-0.1, -0.05) is 17.7 Å². The molecule has 232 valence electrons. The summed E-state index contributed by atoms with van der Waals surface area (Å²) < 4.78 is 44.8. The second-order valence-corrected chi connectivity index (χ2v) is 11.0. The van der Waals surface area contributed by atoms with E-state index in [4.69, 9.17) is 41.7 Å². The van der Waals surface area contributed by atoms with Crippen LogP contribution in [0, 0.1) is 12.3 Å². The van der Waals surface area contributed by atoms with E-state index in [1.165, 1.54) is 24.3 Å². The fourth-order valence-corrected chi connectivity index (χ4v) is 4.59. The highest BCUT2D eigenvalue weighted by atomic mass is 35.5. The smallest absolute Gasteiger partial charge is 0.413 e. The number of hydrogen-bond donors (Lipinski definition) is 1. The number of carbonyl (C=O) groups excluding carboxylic acids is 4. The summed E-state index contributed by atoms with van der Waals surface area (Å²) in [5.74, 6) is -4.05. The predicted molar refractivity (Wildman–Crippen MR) is 150 cm³/mol. The lowest BCUT2D eigenvalue weighted by atomic mass is 9.92. The highest BCUT2D eigenvalue weighted by Gasteiger charge is 2.71. The van der Waals surface area contributed by atoms with Crippen LogP contribution in [0.2, 0.25) is 5.02 Å². The van der Waals surface area contributed by atoms with Crippen LogP contribution < -0.4 is 5.32 Å². The van der Waals surface area contributed by atoms with Crippen LogP contribution in [0.25, 0.3) is 11.2 Å². The standard InChI is InChI=1S/C28H27ClFN5O9/c1-7-27(42-16(3)37)23(41-15(2)36)28(30,12-40-22(38)17-9-8-10-18(29)11-17)43-24(27)35-14-33-19-20(31-13-32-21(19)35)34-25(39)44-26(4,5)6/h1,8-11,13-14,23-24H,12H2,2-6H3,(H,31,32,34,39)/t23-,24+,27+,28+/m0/s1. The van der Waals surface area contributed by atoms with Crippen molar-refractivity contribution in [2.45, 2.75) is 64.0 Å². The SMILES string of the molecule is C#C[C@]1(OC(C)=O)[C@H](n2cnc3c(NC(=O)OC(C)(C)C)ncnc32)O[C@](F)(COC(=O)c2cccc(Cl)c2)[C@H]1OC(C)=O. The number of rotatable bonds is 7. The molecule has 4 atom stereocenters. The molecule has 1 aliphatic rings. The summed E-state index contributed by atoms with van der Waals surface area (Å²) in [5.41, 5.74) is -3.39. The number of halogens is 2. The molecule has 0 radical (unpaired) electrons. The first kappa shape index (κ1) is 32.1. The zero-order valence-corrected chi connectivity index (χ0v) is 24.9. The fourth-order valence-electron chi connectivity index (χ4n) is 4.40. The number of aromatic nitrogens is 4. The van der Waals surface area contributed by atoms with Crippen molar-refractivity contribution in [1.82, 2.24) is 19.5 Å². The van der Waals surface area contributed by atoms with E-state index in [0.717, 1.165) is 31.1 Å². The van der Waals surface area contributed by atoms with Gasteiger partial charge in [-0.15, -0.1) is 6.42 Å². The van der Waals surface area contributed by atoms with Gasteiger partial charge in [0, 0.05) is 18.9 Å². The Bertz CT molecular complexity index is 1670. The lowest BCUT2D eigenvalue weighted by molar-refractivity contribution is -0.216. The molecule has 0 aliphatic carbocycles. The van der Waals surface area contributed by atoms with Crippen LogP contribution in [0.3, 0.4) is 0 Å². The number of terminal acetylenes is 1. The molecule has 16 heteroatoms. The van der Waals surface area contributed by atoms with E-state index in [2.05, 4.69) is 26.2 Å². The Morgan fingerprint density at radius 2 is 1.91 bits per heavy atom. The minimum atomic E-state index is -3.17. The molecule has 44 heavy (non-hydrogen) atoms. The summed E-state index contributed by atoms with van der Waals surface area (Å²) >= 11 is 5.94. The van der Waals surface area contributed by atoms with Gasteiger partial charge in [-0.3, -0.25) is 19.5 Å². The molecule has 1 saturated heterocycles. The van der Waals surface area contributed by atoms with E-state index in [1.807, 2.05) is 0 Å². The molecule has 0 bridgehead atoms. The first-order chi connectivity index (χ1) is 20.6. The normalized spacial score (nSPS) is 23.0. The van der Waals surface area contributed by atoms with Gasteiger partial charge in [-0.2, -0.15) is 0 Å². The first-order valence-electron chi connectivity index (χ1n) is 12.9. The summed E-state index contributed by atoms with van der Waals surface area (Å²) in [6.45, 7) is 5.79. The summed E-state index contributed by atoms with van der Waals surface area (Å²) in [5, 5.41) is 2.67. The van der Waals surface area contributed by atoms with Crippen LogP contribution in [0.4, 0.5) is 15.0 Å². The van der Waals surface area contributed by atoms with Gasteiger partial charge >= 0.3 is 24.0 Å². The summed E-state index contributed by atoms with van der Waals surface area (Å²) in [6, 6.07) is 5.67. The van der Waals surface area contributed by atoms with Crippen LogP contribution in [0.15, 0.2) is 36.9 Å². The molecule has 0 unspecified atom stereocenters. The van der Waals surface area contributed by atoms with Crippen molar-refractivity contribution in [2.75, 3.05) is 11.9 Å². The molecule has 14 nitrogen and oxygen atoms in total. The maximum absolute atomic E-state index is 16.8. The first-order valence-corrected chi connectivity index (χ1v) is 13.3. The fraction of sp³-hybridized carbons (Fsp3) is 0.393. The maximum Gasteiger partial charge on any atom is 0.413 e. The van der Waals surface area contributed by atoms with Gasteiger partial charge in [-0.05, 0) is 44.9 Å². The van der Waals surface area contributed by atoms with Crippen molar-refractivity contribution < 1.29 is 47.3 Å². The highest BCUT2D eigenvalue weighted by Crippen LogP contribution is 2.50. The zero-order chi connectivity index (χ0) is 32.4. The van der Waals surface area contributed by atoms with Gasteiger partial charge in [-0.25, -0.2) is 28.9 Å². The van der Waals surface area contributed by atoms with E-state index in [0.29, 0.717) is 0 Å². The molecule has 1 N–H and O–H groups in total. The molecule has 1 aliphatic heterocycles. The average molecular weight is 632 g/mol. The van der Waals surface area contributed by atoms with E-state index in [-0.39, 0.29) is 27.6 Å². The maximum atomic E-state index is 16.8. The molecule has 1 aromatic carbocycles. The van der Waals surface area contributed by atoms with Crippen LogP contribution in [0.5, 0.6) is 0 Å². The number of nitrogens with zero attached hydrogens (tertiary/aromatic N) is 4. The molecule has 3 heterocycles. The molecule has 2 aromatic heterocycles. The quantitative estimate of drug-likeness (QED) is 0.228. The number of alkyl halides is 1. The van der Waals surface area contributed by atoms with E-state index >= 15 is 4.39 Å². The Hall–Kier alpha value is -4.81. The molecule has 1 amide bonds. The Morgan fingerprint density at radius 1 is 1.18 bits per heavy atom. The van der Waals surface area contributed by atoms with Crippen molar-refractivity contribution in [1.29, 1.82) is 0 Å². The van der Waals surface area contributed by atoms with Crippen LogP contribution >= 0.6 is 11.6 Å². The number of ether oxygens (including phenoxy) is 5. The third-order valence-electron chi connectivity index (χ3n) is 5.97. The molecule has 3 aromatic rings. The number of amides is 1. The number of anilines is 1. The van der Waals surface area contributed by atoms with Gasteiger partial charge in [0.15, 0.2) is 29.8 Å². The largest absolute Gasteiger partial charge is 0.456 e. The number of hydrogen-bond acceptors (Lipinski definition) is 12. The Balaban J connectivity index is 1.78. The molecule has 1 fully saturated rings. The van der Waals surface area contributed by atoms with Crippen molar-refractivity contribution in [3.63, 3.8) is 0 Å². The third-order valence-corrected chi connectivity index (χ3v) is 6.20. The minimum absolute atomic E-state index is 0.00907. The Labute approximate surface area is 255 Å². The predicted octanol–water partition coefficient (Wildman–Crippen LogP) is 3.75.